The largest absolute Gasteiger partial charge is 0.475 e. The summed E-state index contributed by atoms with van der Waals surface area (Å²) in [5.74, 6) is -1.55. The van der Waals surface area contributed by atoms with E-state index in [2.05, 4.69) is 5.32 Å². The zero-order chi connectivity index (χ0) is 17.9. The highest BCUT2D eigenvalue weighted by Gasteiger charge is 2.28. The molecule has 2 amide bonds. The number of rotatable bonds is 4. The Kier molecular flexibility index (Phi) is 5.31. The zero-order valence-electron chi connectivity index (χ0n) is 14.3. The van der Waals surface area contributed by atoms with Crippen LogP contribution in [0.2, 0.25) is 0 Å². The van der Waals surface area contributed by atoms with E-state index in [1.54, 1.807) is 4.90 Å². The van der Waals surface area contributed by atoms with Crippen molar-refractivity contribution in [3.8, 4) is 0 Å². The maximum atomic E-state index is 12.4. The van der Waals surface area contributed by atoms with Crippen LogP contribution in [0.1, 0.15) is 54.7 Å². The molecule has 0 saturated carbocycles. The standard InChI is InChI=1S/C17H24N2O5/c1-17(2,3)16(23)18-9-11-5-4-8-19(10-11)14(20)12-6-7-13(24-12)15(21)22/h6-7,11H,4-5,8-10H2,1-3H3,(H,18,23)(H,21,22). The Balaban J connectivity index is 1.93. The molecule has 1 fully saturated rings. The summed E-state index contributed by atoms with van der Waals surface area (Å²) in [6, 6.07) is 2.66. The summed E-state index contributed by atoms with van der Waals surface area (Å²) in [5, 5.41) is 11.8. The molecule has 7 nitrogen and oxygen atoms in total. The van der Waals surface area contributed by atoms with Gasteiger partial charge < -0.3 is 19.7 Å². The monoisotopic (exact) mass is 336 g/mol. The minimum atomic E-state index is -1.20. The van der Waals surface area contributed by atoms with Gasteiger partial charge in [0.2, 0.25) is 11.7 Å². The lowest BCUT2D eigenvalue weighted by molar-refractivity contribution is -0.128. The van der Waals surface area contributed by atoms with Crippen molar-refractivity contribution in [1.82, 2.24) is 10.2 Å². The van der Waals surface area contributed by atoms with E-state index in [1.807, 2.05) is 20.8 Å². The molecule has 1 aliphatic heterocycles. The van der Waals surface area contributed by atoms with Gasteiger partial charge in [-0.25, -0.2) is 4.79 Å². The molecular formula is C17H24N2O5. The van der Waals surface area contributed by atoms with Gasteiger partial charge in [-0.1, -0.05) is 20.8 Å². The van der Waals surface area contributed by atoms with Gasteiger partial charge in [0.25, 0.3) is 5.91 Å². The number of nitrogens with one attached hydrogen (secondary N) is 1. The lowest BCUT2D eigenvalue weighted by Crippen LogP contribution is -2.45. The van der Waals surface area contributed by atoms with E-state index >= 15 is 0 Å². The van der Waals surface area contributed by atoms with Gasteiger partial charge in [0, 0.05) is 25.0 Å². The number of nitrogens with zero attached hydrogens (tertiary/aromatic N) is 1. The van der Waals surface area contributed by atoms with E-state index in [-0.39, 0.29) is 29.3 Å². The number of hydrogen-bond donors (Lipinski definition) is 2. The number of carboxylic acid groups (broad SMARTS) is 1. The number of piperidine rings is 1. The lowest BCUT2D eigenvalue weighted by Gasteiger charge is -2.32. The van der Waals surface area contributed by atoms with Gasteiger partial charge in [0.1, 0.15) is 0 Å². The first-order valence-electron chi connectivity index (χ1n) is 8.09. The van der Waals surface area contributed by atoms with Crippen molar-refractivity contribution >= 4 is 17.8 Å². The average Bonchev–Trinajstić information content (AvgIpc) is 3.01. The SMILES string of the molecule is CC(C)(C)C(=O)NCC1CCCN(C(=O)c2ccc(C(=O)O)o2)C1. The van der Waals surface area contributed by atoms with Crippen molar-refractivity contribution in [2.45, 2.75) is 33.6 Å². The molecule has 132 valence electrons. The van der Waals surface area contributed by atoms with E-state index in [1.165, 1.54) is 12.1 Å². The number of carbonyl (C=O) groups excluding carboxylic acids is 2. The topological polar surface area (TPSA) is 99.9 Å². The molecule has 0 spiro atoms. The Morgan fingerprint density at radius 2 is 1.96 bits per heavy atom. The van der Waals surface area contributed by atoms with Crippen LogP contribution in [0.5, 0.6) is 0 Å². The minimum Gasteiger partial charge on any atom is -0.475 e. The first-order chi connectivity index (χ1) is 11.2. The van der Waals surface area contributed by atoms with Gasteiger partial charge in [-0.05, 0) is 30.9 Å². The second-order valence-corrected chi connectivity index (χ2v) is 7.19. The maximum absolute atomic E-state index is 12.4. The molecule has 1 atom stereocenters. The summed E-state index contributed by atoms with van der Waals surface area (Å²) >= 11 is 0. The molecule has 0 aliphatic carbocycles. The third-order valence-corrected chi connectivity index (χ3v) is 4.07. The molecule has 2 heterocycles. The molecule has 1 aromatic rings. The molecule has 24 heavy (non-hydrogen) atoms. The number of furan rings is 1. The summed E-state index contributed by atoms with van der Waals surface area (Å²) < 4.78 is 5.08. The van der Waals surface area contributed by atoms with E-state index in [9.17, 15) is 14.4 Å². The van der Waals surface area contributed by atoms with E-state index in [0.29, 0.717) is 19.6 Å². The molecule has 1 aromatic heterocycles. The third kappa shape index (κ3) is 4.37. The highest BCUT2D eigenvalue weighted by molar-refractivity contribution is 5.93. The molecule has 1 saturated heterocycles. The summed E-state index contributed by atoms with van der Waals surface area (Å²) in [6.45, 7) is 7.22. The van der Waals surface area contributed by atoms with Crippen LogP contribution in [0.15, 0.2) is 16.5 Å². The van der Waals surface area contributed by atoms with Crippen LogP contribution in [0.25, 0.3) is 0 Å². The average molecular weight is 336 g/mol. The fraction of sp³-hybridized carbons (Fsp3) is 0.588. The second kappa shape index (κ2) is 7.07. The van der Waals surface area contributed by atoms with Crippen LogP contribution in [0.3, 0.4) is 0 Å². The fourth-order valence-corrected chi connectivity index (χ4v) is 2.64. The van der Waals surface area contributed by atoms with Crippen molar-refractivity contribution in [2.24, 2.45) is 11.3 Å². The zero-order valence-corrected chi connectivity index (χ0v) is 14.3. The predicted molar refractivity (Wildman–Crippen MR) is 86.8 cm³/mol. The second-order valence-electron chi connectivity index (χ2n) is 7.19. The van der Waals surface area contributed by atoms with Gasteiger partial charge in [-0.15, -0.1) is 0 Å². The van der Waals surface area contributed by atoms with Crippen molar-refractivity contribution in [1.29, 1.82) is 0 Å². The third-order valence-electron chi connectivity index (χ3n) is 4.07. The quantitative estimate of drug-likeness (QED) is 0.876. The summed E-state index contributed by atoms with van der Waals surface area (Å²) in [4.78, 5) is 36.9. The van der Waals surface area contributed by atoms with Crippen LogP contribution in [-0.4, -0.2) is 47.4 Å². The van der Waals surface area contributed by atoms with Gasteiger partial charge >= 0.3 is 5.97 Å². The Morgan fingerprint density at radius 1 is 1.29 bits per heavy atom. The number of amides is 2. The van der Waals surface area contributed by atoms with Crippen LogP contribution in [0, 0.1) is 11.3 Å². The minimum absolute atomic E-state index is 0.0110. The highest BCUT2D eigenvalue weighted by atomic mass is 16.4. The fourth-order valence-electron chi connectivity index (χ4n) is 2.64. The molecule has 7 heteroatoms. The Labute approximate surface area is 141 Å². The summed E-state index contributed by atoms with van der Waals surface area (Å²) in [5.41, 5.74) is -0.439. The van der Waals surface area contributed by atoms with Crippen LogP contribution < -0.4 is 5.32 Å². The normalized spacial score (nSPS) is 18.3. The first-order valence-corrected chi connectivity index (χ1v) is 8.09. The molecule has 1 unspecified atom stereocenters. The molecule has 2 rings (SSSR count). The van der Waals surface area contributed by atoms with Gasteiger partial charge in [0.15, 0.2) is 5.76 Å². The molecule has 0 radical (unpaired) electrons. The molecular weight excluding hydrogens is 312 g/mol. The predicted octanol–water partition coefficient (Wildman–Crippen LogP) is 1.99. The number of aromatic carboxylic acids is 1. The van der Waals surface area contributed by atoms with Crippen LogP contribution >= 0.6 is 0 Å². The van der Waals surface area contributed by atoms with Crippen molar-refractivity contribution in [2.75, 3.05) is 19.6 Å². The first kappa shape index (κ1) is 18.0. The van der Waals surface area contributed by atoms with Gasteiger partial charge in [-0.3, -0.25) is 9.59 Å². The van der Waals surface area contributed by atoms with Crippen LogP contribution in [0.4, 0.5) is 0 Å². The van der Waals surface area contributed by atoms with Crippen molar-refractivity contribution in [3.05, 3.63) is 23.7 Å². The Morgan fingerprint density at radius 3 is 2.54 bits per heavy atom. The van der Waals surface area contributed by atoms with Gasteiger partial charge in [-0.2, -0.15) is 0 Å². The number of hydrogen-bond acceptors (Lipinski definition) is 4. The van der Waals surface area contributed by atoms with E-state index in [4.69, 9.17) is 9.52 Å². The number of carbonyl (C=O) groups is 3. The van der Waals surface area contributed by atoms with E-state index in [0.717, 1.165) is 12.8 Å². The summed E-state index contributed by atoms with van der Waals surface area (Å²) in [7, 11) is 0. The molecule has 1 aliphatic rings. The Hall–Kier alpha value is -2.31. The molecule has 0 bridgehead atoms. The Bertz CT molecular complexity index is 629. The van der Waals surface area contributed by atoms with Crippen molar-refractivity contribution in [3.63, 3.8) is 0 Å². The molecule has 2 N–H and O–H groups in total. The highest BCUT2D eigenvalue weighted by Crippen LogP contribution is 2.20. The number of carboxylic acids is 1. The smallest absolute Gasteiger partial charge is 0.371 e. The van der Waals surface area contributed by atoms with Crippen LogP contribution in [-0.2, 0) is 4.79 Å². The lowest BCUT2D eigenvalue weighted by atomic mass is 9.94. The summed E-state index contributed by atoms with van der Waals surface area (Å²) in [6.07, 6.45) is 1.78. The van der Waals surface area contributed by atoms with Gasteiger partial charge in [0.05, 0.1) is 0 Å². The maximum Gasteiger partial charge on any atom is 0.371 e. The van der Waals surface area contributed by atoms with E-state index < -0.39 is 11.4 Å². The number of likely N-dealkylation sites (tertiary alicyclic amines) is 1. The van der Waals surface area contributed by atoms with Crippen molar-refractivity contribution < 1.29 is 23.9 Å². The molecule has 0 aromatic carbocycles.